The lowest BCUT2D eigenvalue weighted by atomic mass is 10.2. The van der Waals surface area contributed by atoms with Crippen molar-refractivity contribution in [2.75, 3.05) is 10.6 Å². The number of amides is 1. The monoisotopic (exact) mass is 308 g/mol. The van der Waals surface area contributed by atoms with Gasteiger partial charge in [-0.1, -0.05) is 36.4 Å². The first-order valence-electron chi connectivity index (χ1n) is 7.04. The molecule has 1 heterocycles. The SMILES string of the molecule is O=C(Nc1ccc(NCc2ccccc2)cc1)c1cccs1. The van der Waals surface area contributed by atoms with Gasteiger partial charge in [-0.05, 0) is 41.3 Å². The minimum atomic E-state index is -0.0694. The molecule has 2 N–H and O–H groups in total. The molecule has 0 fully saturated rings. The summed E-state index contributed by atoms with van der Waals surface area (Å²) < 4.78 is 0. The molecule has 0 aliphatic heterocycles. The molecule has 0 saturated carbocycles. The number of anilines is 2. The van der Waals surface area contributed by atoms with Crippen LogP contribution in [-0.2, 0) is 6.54 Å². The summed E-state index contributed by atoms with van der Waals surface area (Å²) in [4.78, 5) is 12.7. The lowest BCUT2D eigenvalue weighted by Gasteiger charge is -2.08. The van der Waals surface area contributed by atoms with Gasteiger partial charge in [-0.15, -0.1) is 11.3 Å². The van der Waals surface area contributed by atoms with Crippen LogP contribution in [0.2, 0.25) is 0 Å². The number of benzene rings is 2. The van der Waals surface area contributed by atoms with E-state index in [0.717, 1.165) is 17.9 Å². The maximum atomic E-state index is 12.0. The van der Waals surface area contributed by atoms with E-state index in [1.54, 1.807) is 0 Å². The second-order valence-electron chi connectivity index (χ2n) is 4.85. The van der Waals surface area contributed by atoms with Crippen molar-refractivity contribution >= 4 is 28.6 Å². The van der Waals surface area contributed by atoms with Crippen LogP contribution in [0.15, 0.2) is 72.1 Å². The molecule has 3 aromatic rings. The minimum Gasteiger partial charge on any atom is -0.381 e. The fraction of sp³-hybridized carbons (Fsp3) is 0.0556. The van der Waals surface area contributed by atoms with Crippen molar-refractivity contribution in [3.05, 3.63) is 82.6 Å². The molecule has 2 aromatic carbocycles. The first-order valence-corrected chi connectivity index (χ1v) is 7.92. The Morgan fingerprint density at radius 3 is 2.27 bits per heavy atom. The molecule has 0 radical (unpaired) electrons. The Balaban J connectivity index is 1.57. The summed E-state index contributed by atoms with van der Waals surface area (Å²) in [5.74, 6) is -0.0694. The lowest BCUT2D eigenvalue weighted by molar-refractivity contribution is 0.103. The normalized spacial score (nSPS) is 10.2. The van der Waals surface area contributed by atoms with E-state index in [4.69, 9.17) is 0 Å². The van der Waals surface area contributed by atoms with Gasteiger partial charge < -0.3 is 10.6 Å². The second kappa shape index (κ2) is 6.91. The topological polar surface area (TPSA) is 41.1 Å². The number of nitrogens with one attached hydrogen (secondary N) is 2. The molecule has 1 aromatic heterocycles. The smallest absolute Gasteiger partial charge is 0.265 e. The number of hydrogen-bond acceptors (Lipinski definition) is 3. The molecule has 110 valence electrons. The largest absolute Gasteiger partial charge is 0.381 e. The highest BCUT2D eigenvalue weighted by Crippen LogP contribution is 2.17. The highest BCUT2D eigenvalue weighted by atomic mass is 32.1. The summed E-state index contributed by atoms with van der Waals surface area (Å²) in [7, 11) is 0. The number of hydrogen-bond donors (Lipinski definition) is 2. The van der Waals surface area contributed by atoms with E-state index in [1.165, 1.54) is 16.9 Å². The third-order valence-corrected chi connectivity index (χ3v) is 4.10. The Hall–Kier alpha value is -2.59. The molecule has 0 aliphatic rings. The maximum absolute atomic E-state index is 12.0. The van der Waals surface area contributed by atoms with Gasteiger partial charge in [0.25, 0.3) is 5.91 Å². The highest BCUT2D eigenvalue weighted by Gasteiger charge is 2.06. The molecule has 0 aliphatic carbocycles. The Morgan fingerprint density at radius 1 is 0.864 bits per heavy atom. The van der Waals surface area contributed by atoms with Gasteiger partial charge in [-0.3, -0.25) is 4.79 Å². The summed E-state index contributed by atoms with van der Waals surface area (Å²) in [6.45, 7) is 0.780. The second-order valence-corrected chi connectivity index (χ2v) is 5.80. The molecule has 3 nitrogen and oxygen atoms in total. The van der Waals surface area contributed by atoms with Crippen LogP contribution < -0.4 is 10.6 Å². The van der Waals surface area contributed by atoms with Crippen molar-refractivity contribution < 1.29 is 4.79 Å². The van der Waals surface area contributed by atoms with Crippen LogP contribution in [0, 0.1) is 0 Å². The number of thiophene rings is 1. The van der Waals surface area contributed by atoms with E-state index in [2.05, 4.69) is 22.8 Å². The third-order valence-electron chi connectivity index (χ3n) is 3.23. The van der Waals surface area contributed by atoms with E-state index in [0.29, 0.717) is 4.88 Å². The van der Waals surface area contributed by atoms with Crippen LogP contribution in [0.25, 0.3) is 0 Å². The first-order chi connectivity index (χ1) is 10.8. The van der Waals surface area contributed by atoms with Crippen LogP contribution in [0.3, 0.4) is 0 Å². The van der Waals surface area contributed by atoms with Crippen molar-refractivity contribution in [2.24, 2.45) is 0 Å². The Kier molecular flexibility index (Phi) is 4.51. The van der Waals surface area contributed by atoms with E-state index in [1.807, 2.05) is 60.0 Å². The predicted octanol–water partition coefficient (Wildman–Crippen LogP) is 4.61. The first kappa shape index (κ1) is 14.4. The zero-order valence-electron chi connectivity index (χ0n) is 12.0. The van der Waals surface area contributed by atoms with E-state index >= 15 is 0 Å². The Labute approximate surface area is 133 Å². The standard InChI is InChI=1S/C18H16N2OS/c21-18(17-7-4-12-22-17)20-16-10-8-15(9-11-16)19-13-14-5-2-1-3-6-14/h1-12,19H,13H2,(H,20,21). The molecule has 0 bridgehead atoms. The summed E-state index contributed by atoms with van der Waals surface area (Å²) in [5.41, 5.74) is 3.05. The summed E-state index contributed by atoms with van der Waals surface area (Å²) in [6.07, 6.45) is 0. The van der Waals surface area contributed by atoms with Crippen LogP contribution in [0.1, 0.15) is 15.2 Å². The third kappa shape index (κ3) is 3.74. The van der Waals surface area contributed by atoms with Gasteiger partial charge >= 0.3 is 0 Å². The summed E-state index contributed by atoms with van der Waals surface area (Å²) >= 11 is 1.43. The molecule has 22 heavy (non-hydrogen) atoms. The van der Waals surface area contributed by atoms with Gasteiger partial charge in [0.05, 0.1) is 4.88 Å². The maximum Gasteiger partial charge on any atom is 0.265 e. The number of carbonyl (C=O) groups is 1. The average Bonchev–Trinajstić information content (AvgIpc) is 3.10. The molecule has 0 saturated heterocycles. The van der Waals surface area contributed by atoms with Gasteiger partial charge in [0.2, 0.25) is 0 Å². The molecule has 0 spiro atoms. The molecule has 0 atom stereocenters. The molecule has 0 unspecified atom stereocenters. The zero-order valence-corrected chi connectivity index (χ0v) is 12.8. The van der Waals surface area contributed by atoms with Gasteiger partial charge in [-0.2, -0.15) is 0 Å². The Bertz CT molecular complexity index is 722. The van der Waals surface area contributed by atoms with Crippen LogP contribution >= 0.6 is 11.3 Å². The van der Waals surface area contributed by atoms with E-state index < -0.39 is 0 Å². The van der Waals surface area contributed by atoms with Crippen molar-refractivity contribution in [3.8, 4) is 0 Å². The van der Waals surface area contributed by atoms with E-state index in [9.17, 15) is 4.79 Å². The minimum absolute atomic E-state index is 0.0694. The van der Waals surface area contributed by atoms with Gasteiger partial charge in [-0.25, -0.2) is 0 Å². The summed E-state index contributed by atoms with van der Waals surface area (Å²) in [6, 6.07) is 21.7. The van der Waals surface area contributed by atoms with Crippen molar-refractivity contribution in [2.45, 2.75) is 6.54 Å². The molecule has 1 amide bonds. The van der Waals surface area contributed by atoms with Crippen LogP contribution in [0.4, 0.5) is 11.4 Å². The van der Waals surface area contributed by atoms with Crippen molar-refractivity contribution in [3.63, 3.8) is 0 Å². The van der Waals surface area contributed by atoms with Crippen LogP contribution in [-0.4, -0.2) is 5.91 Å². The fourth-order valence-corrected chi connectivity index (χ4v) is 2.69. The van der Waals surface area contributed by atoms with Gasteiger partial charge in [0.1, 0.15) is 0 Å². The molecule has 3 rings (SSSR count). The van der Waals surface area contributed by atoms with Crippen molar-refractivity contribution in [1.82, 2.24) is 0 Å². The van der Waals surface area contributed by atoms with Crippen molar-refractivity contribution in [1.29, 1.82) is 0 Å². The molecular weight excluding hydrogens is 292 g/mol. The molecule has 4 heteroatoms. The van der Waals surface area contributed by atoms with Gasteiger partial charge in [0, 0.05) is 17.9 Å². The number of carbonyl (C=O) groups excluding carboxylic acids is 1. The lowest BCUT2D eigenvalue weighted by Crippen LogP contribution is -2.10. The van der Waals surface area contributed by atoms with Gasteiger partial charge in [0.15, 0.2) is 0 Å². The summed E-state index contributed by atoms with van der Waals surface area (Å²) in [5, 5.41) is 8.14. The Morgan fingerprint density at radius 2 is 1.59 bits per heavy atom. The zero-order chi connectivity index (χ0) is 15.2. The number of rotatable bonds is 5. The molecular formula is C18H16N2OS. The van der Waals surface area contributed by atoms with Crippen LogP contribution in [0.5, 0.6) is 0 Å². The van der Waals surface area contributed by atoms with E-state index in [-0.39, 0.29) is 5.91 Å². The highest BCUT2D eigenvalue weighted by molar-refractivity contribution is 7.12. The average molecular weight is 308 g/mol. The predicted molar refractivity (Wildman–Crippen MR) is 92.5 cm³/mol. The fourth-order valence-electron chi connectivity index (χ4n) is 2.07. The quantitative estimate of drug-likeness (QED) is 0.722.